The number of pyridine rings is 1. The van der Waals surface area contributed by atoms with E-state index in [1.807, 2.05) is 18.2 Å². The molecule has 0 aliphatic heterocycles. The summed E-state index contributed by atoms with van der Waals surface area (Å²) < 4.78 is 5.40. The number of aromatic nitrogens is 3. The average Bonchev–Trinajstić information content (AvgIpc) is 3.05. The van der Waals surface area contributed by atoms with E-state index >= 15 is 0 Å². The maximum Gasteiger partial charge on any atom is 0.322 e. The lowest BCUT2D eigenvalue weighted by atomic mass is 10.2. The zero-order valence-electron chi connectivity index (χ0n) is 12.4. The molecule has 6 nitrogen and oxygen atoms in total. The van der Waals surface area contributed by atoms with E-state index in [1.165, 1.54) is 0 Å². The van der Waals surface area contributed by atoms with Crippen LogP contribution < -0.4 is 5.32 Å². The Balaban J connectivity index is 1.69. The predicted molar refractivity (Wildman–Crippen MR) is 88.3 cm³/mol. The summed E-state index contributed by atoms with van der Waals surface area (Å²) in [6.45, 7) is 2.08. The van der Waals surface area contributed by atoms with Crippen LogP contribution in [0.1, 0.15) is 17.3 Å². The number of carbonyl (C=O) groups is 1. The molecule has 2 aromatic heterocycles. The Morgan fingerprint density at radius 2 is 2.00 bits per heavy atom. The lowest BCUT2D eigenvalue weighted by molar-refractivity contribution is 0.102. The normalized spacial score (nSPS) is 10.5. The van der Waals surface area contributed by atoms with E-state index in [2.05, 4.69) is 27.4 Å². The van der Waals surface area contributed by atoms with Gasteiger partial charge in [-0.1, -0.05) is 18.1 Å². The highest BCUT2D eigenvalue weighted by Crippen LogP contribution is 2.19. The molecule has 0 unspecified atom stereocenters. The maximum atomic E-state index is 12.2. The topological polar surface area (TPSA) is 80.9 Å². The smallest absolute Gasteiger partial charge is 0.322 e. The fraction of sp³-hybridized carbons (Fsp3) is 0.125. The Kier molecular flexibility index (Phi) is 4.68. The molecule has 1 aromatic carbocycles. The van der Waals surface area contributed by atoms with Gasteiger partial charge in [0.1, 0.15) is 5.69 Å². The first kappa shape index (κ1) is 15.2. The first-order valence-corrected chi connectivity index (χ1v) is 8.04. The van der Waals surface area contributed by atoms with Gasteiger partial charge in [-0.2, -0.15) is 0 Å². The zero-order chi connectivity index (χ0) is 16.1. The number of thioether (sulfide) groups is 1. The molecule has 0 spiro atoms. The summed E-state index contributed by atoms with van der Waals surface area (Å²) in [5, 5.41) is 10.3. The second kappa shape index (κ2) is 7.06. The van der Waals surface area contributed by atoms with Crippen LogP contribution in [0, 0.1) is 0 Å². The van der Waals surface area contributed by atoms with Gasteiger partial charge in [0.05, 0.1) is 0 Å². The first-order valence-electron chi connectivity index (χ1n) is 7.05. The van der Waals surface area contributed by atoms with Crippen LogP contribution in [0.5, 0.6) is 0 Å². The molecule has 1 amide bonds. The Morgan fingerprint density at radius 3 is 2.70 bits per heavy atom. The molecule has 1 N–H and O–H groups in total. The Morgan fingerprint density at radius 1 is 1.17 bits per heavy atom. The van der Waals surface area contributed by atoms with Crippen molar-refractivity contribution in [3.05, 3.63) is 54.2 Å². The molecule has 0 saturated heterocycles. The molecule has 7 heteroatoms. The van der Waals surface area contributed by atoms with E-state index < -0.39 is 0 Å². The fourth-order valence-electron chi connectivity index (χ4n) is 1.91. The van der Waals surface area contributed by atoms with Crippen LogP contribution >= 0.6 is 11.8 Å². The number of benzene rings is 1. The van der Waals surface area contributed by atoms with Gasteiger partial charge in [0.2, 0.25) is 0 Å². The van der Waals surface area contributed by atoms with Crippen molar-refractivity contribution in [3.8, 4) is 11.6 Å². The van der Waals surface area contributed by atoms with Gasteiger partial charge in [-0.3, -0.25) is 15.1 Å². The van der Waals surface area contributed by atoms with Crippen LogP contribution in [0.4, 0.5) is 6.01 Å². The van der Waals surface area contributed by atoms with Gasteiger partial charge < -0.3 is 4.42 Å². The van der Waals surface area contributed by atoms with Crippen LogP contribution in [-0.2, 0) is 0 Å². The summed E-state index contributed by atoms with van der Waals surface area (Å²) in [5.74, 6) is 0.953. The minimum Gasteiger partial charge on any atom is -0.401 e. The van der Waals surface area contributed by atoms with Gasteiger partial charge in [-0.15, -0.1) is 16.9 Å². The maximum absolute atomic E-state index is 12.2. The van der Waals surface area contributed by atoms with E-state index in [4.69, 9.17) is 4.42 Å². The van der Waals surface area contributed by atoms with E-state index in [1.54, 1.807) is 42.2 Å². The lowest BCUT2D eigenvalue weighted by Gasteiger charge is -2.02. The molecule has 0 atom stereocenters. The third-order valence-electron chi connectivity index (χ3n) is 2.96. The van der Waals surface area contributed by atoms with Crippen molar-refractivity contribution < 1.29 is 9.21 Å². The monoisotopic (exact) mass is 326 g/mol. The third-order valence-corrected chi connectivity index (χ3v) is 3.85. The van der Waals surface area contributed by atoms with Crippen molar-refractivity contribution in [3.63, 3.8) is 0 Å². The Bertz CT molecular complexity index is 787. The molecule has 2 heterocycles. The number of hydrogen-bond acceptors (Lipinski definition) is 6. The molecule has 0 aliphatic carbocycles. The summed E-state index contributed by atoms with van der Waals surface area (Å²) >= 11 is 1.72. The summed E-state index contributed by atoms with van der Waals surface area (Å²) in [7, 11) is 0. The molecule has 0 bridgehead atoms. The SMILES string of the molecule is CCSc1ccc(C(=O)Nc2nnc(-c3ccccn3)o2)cc1. The standard InChI is InChI=1S/C16H14N4O2S/c1-2-23-12-8-6-11(7-9-12)14(21)18-16-20-19-15(22-16)13-5-3-4-10-17-13/h3-10H,2H2,1H3,(H,18,20,21). The molecule has 116 valence electrons. The predicted octanol–water partition coefficient (Wildman–Crippen LogP) is 3.50. The number of rotatable bonds is 5. The summed E-state index contributed by atoms with van der Waals surface area (Å²) in [6.07, 6.45) is 1.63. The number of nitrogens with one attached hydrogen (secondary N) is 1. The van der Waals surface area contributed by atoms with Gasteiger partial charge in [0.15, 0.2) is 0 Å². The van der Waals surface area contributed by atoms with Crippen LogP contribution in [0.3, 0.4) is 0 Å². The number of anilines is 1. The van der Waals surface area contributed by atoms with Gasteiger partial charge in [-0.05, 0) is 42.2 Å². The van der Waals surface area contributed by atoms with E-state index in [0.29, 0.717) is 11.3 Å². The molecule has 0 fully saturated rings. The minimum absolute atomic E-state index is 0.0441. The second-order valence-electron chi connectivity index (χ2n) is 4.54. The quantitative estimate of drug-likeness (QED) is 0.723. The number of carbonyl (C=O) groups excluding carboxylic acids is 1. The fourth-order valence-corrected chi connectivity index (χ4v) is 2.57. The Hall–Kier alpha value is -2.67. The number of nitrogens with zero attached hydrogens (tertiary/aromatic N) is 3. The summed E-state index contributed by atoms with van der Waals surface area (Å²) in [4.78, 5) is 17.4. The van der Waals surface area contributed by atoms with E-state index in [9.17, 15) is 4.79 Å². The Labute approximate surface area is 137 Å². The van der Waals surface area contributed by atoms with E-state index in [-0.39, 0.29) is 17.8 Å². The largest absolute Gasteiger partial charge is 0.401 e. The molecular weight excluding hydrogens is 312 g/mol. The molecular formula is C16H14N4O2S. The summed E-state index contributed by atoms with van der Waals surface area (Å²) in [5.41, 5.74) is 1.09. The third kappa shape index (κ3) is 3.75. The van der Waals surface area contributed by atoms with Crippen molar-refractivity contribution in [2.24, 2.45) is 0 Å². The number of amides is 1. The minimum atomic E-state index is -0.297. The van der Waals surface area contributed by atoms with Crippen LogP contribution in [-0.4, -0.2) is 26.8 Å². The van der Waals surface area contributed by atoms with Gasteiger partial charge >= 0.3 is 6.01 Å². The highest BCUT2D eigenvalue weighted by Gasteiger charge is 2.13. The van der Waals surface area contributed by atoms with E-state index in [0.717, 1.165) is 10.6 Å². The highest BCUT2D eigenvalue weighted by molar-refractivity contribution is 7.99. The second-order valence-corrected chi connectivity index (χ2v) is 5.88. The summed E-state index contributed by atoms with van der Waals surface area (Å²) in [6, 6.07) is 12.8. The van der Waals surface area contributed by atoms with Crippen LogP contribution in [0.2, 0.25) is 0 Å². The van der Waals surface area contributed by atoms with Gasteiger partial charge in [-0.25, -0.2) is 0 Å². The van der Waals surface area contributed by atoms with Crippen molar-refractivity contribution >= 4 is 23.7 Å². The lowest BCUT2D eigenvalue weighted by Crippen LogP contribution is -2.11. The molecule has 3 rings (SSSR count). The van der Waals surface area contributed by atoms with Crippen LogP contribution in [0.25, 0.3) is 11.6 Å². The van der Waals surface area contributed by atoms with Crippen molar-refractivity contribution in [2.45, 2.75) is 11.8 Å². The average molecular weight is 326 g/mol. The first-order chi connectivity index (χ1) is 11.3. The molecule has 3 aromatic rings. The van der Waals surface area contributed by atoms with Gasteiger partial charge in [0, 0.05) is 16.7 Å². The van der Waals surface area contributed by atoms with Crippen molar-refractivity contribution in [2.75, 3.05) is 11.1 Å². The molecule has 0 aliphatic rings. The highest BCUT2D eigenvalue weighted by atomic mass is 32.2. The van der Waals surface area contributed by atoms with Gasteiger partial charge in [0.25, 0.3) is 11.8 Å². The molecule has 0 saturated carbocycles. The van der Waals surface area contributed by atoms with Crippen molar-refractivity contribution in [1.82, 2.24) is 15.2 Å². The molecule has 23 heavy (non-hydrogen) atoms. The number of hydrogen-bond donors (Lipinski definition) is 1. The van der Waals surface area contributed by atoms with Crippen molar-refractivity contribution in [1.29, 1.82) is 0 Å². The zero-order valence-corrected chi connectivity index (χ0v) is 13.2. The molecule has 0 radical (unpaired) electrons. The van der Waals surface area contributed by atoms with Crippen LogP contribution in [0.15, 0.2) is 58.0 Å².